The van der Waals surface area contributed by atoms with Crippen LogP contribution in [-0.2, 0) is 11.3 Å². The third kappa shape index (κ3) is 4.40. The molecule has 1 N–H and O–H groups in total. The van der Waals surface area contributed by atoms with Gasteiger partial charge in [-0.3, -0.25) is 4.90 Å². The average molecular weight is 316 g/mol. The van der Waals surface area contributed by atoms with Crippen LogP contribution < -0.4 is 5.32 Å². The molecular weight excluding hydrogens is 292 g/mol. The smallest absolute Gasteiger partial charge is 0.0594 e. The van der Waals surface area contributed by atoms with Gasteiger partial charge in [0.25, 0.3) is 0 Å². The molecule has 0 radical (unpaired) electrons. The third-order valence-corrected chi connectivity index (χ3v) is 4.96. The highest BCUT2D eigenvalue weighted by molar-refractivity contribution is 7.10. The molecule has 0 spiro atoms. The largest absolute Gasteiger partial charge is 0.379 e. The van der Waals surface area contributed by atoms with Crippen molar-refractivity contribution in [3.63, 3.8) is 0 Å². The van der Waals surface area contributed by atoms with Crippen LogP contribution in [0.25, 0.3) is 11.1 Å². The average Bonchev–Trinajstić information content (AvgIpc) is 3.04. The van der Waals surface area contributed by atoms with E-state index in [9.17, 15) is 0 Å². The molecule has 1 aliphatic rings. The van der Waals surface area contributed by atoms with Gasteiger partial charge in [-0.1, -0.05) is 30.3 Å². The van der Waals surface area contributed by atoms with E-state index < -0.39 is 0 Å². The standard InChI is InChI=1S/C18H24N2OS/c1-15(13-20-7-9-21-10-8-20)19-12-18-11-17(14-22-18)16-5-3-2-4-6-16/h2-6,11,14-15,19H,7-10,12-13H2,1H3. The first-order chi connectivity index (χ1) is 10.8. The van der Waals surface area contributed by atoms with Crippen LogP contribution in [0.3, 0.4) is 0 Å². The molecule has 2 aromatic rings. The molecule has 22 heavy (non-hydrogen) atoms. The van der Waals surface area contributed by atoms with Crippen molar-refractivity contribution < 1.29 is 4.74 Å². The molecular formula is C18H24N2OS. The molecule has 2 heterocycles. The second kappa shape index (κ2) is 7.88. The van der Waals surface area contributed by atoms with Crippen LogP contribution in [0.1, 0.15) is 11.8 Å². The van der Waals surface area contributed by atoms with Crippen LogP contribution in [0.4, 0.5) is 0 Å². The SMILES string of the molecule is CC(CN1CCOCC1)NCc1cc(-c2ccccc2)cs1. The summed E-state index contributed by atoms with van der Waals surface area (Å²) >= 11 is 1.84. The molecule has 0 bridgehead atoms. The minimum absolute atomic E-state index is 0.500. The zero-order valence-electron chi connectivity index (χ0n) is 13.1. The zero-order valence-corrected chi connectivity index (χ0v) is 13.9. The van der Waals surface area contributed by atoms with Gasteiger partial charge in [0.1, 0.15) is 0 Å². The first kappa shape index (κ1) is 15.7. The Morgan fingerprint density at radius 2 is 1.95 bits per heavy atom. The summed E-state index contributed by atoms with van der Waals surface area (Å²) in [6.45, 7) is 8.17. The van der Waals surface area contributed by atoms with Crippen LogP contribution in [-0.4, -0.2) is 43.8 Å². The van der Waals surface area contributed by atoms with Gasteiger partial charge in [-0.25, -0.2) is 0 Å². The maximum absolute atomic E-state index is 5.39. The molecule has 1 aliphatic heterocycles. The number of rotatable bonds is 6. The fourth-order valence-corrected chi connectivity index (χ4v) is 3.61. The molecule has 0 aliphatic carbocycles. The first-order valence-corrected chi connectivity index (χ1v) is 8.85. The highest BCUT2D eigenvalue weighted by Gasteiger charge is 2.13. The highest BCUT2D eigenvalue weighted by Crippen LogP contribution is 2.25. The molecule has 1 atom stereocenters. The zero-order chi connectivity index (χ0) is 15.2. The van der Waals surface area contributed by atoms with Crippen LogP contribution in [0.5, 0.6) is 0 Å². The summed E-state index contributed by atoms with van der Waals surface area (Å²) in [6, 6.07) is 13.4. The first-order valence-electron chi connectivity index (χ1n) is 7.97. The molecule has 4 heteroatoms. The Bertz CT molecular complexity index is 563. The Morgan fingerprint density at radius 1 is 1.18 bits per heavy atom. The number of thiophene rings is 1. The number of hydrogen-bond acceptors (Lipinski definition) is 4. The van der Waals surface area contributed by atoms with E-state index in [-0.39, 0.29) is 0 Å². The highest BCUT2D eigenvalue weighted by atomic mass is 32.1. The number of nitrogens with zero attached hydrogens (tertiary/aromatic N) is 1. The number of benzene rings is 1. The second-order valence-corrected chi connectivity index (χ2v) is 6.86. The monoisotopic (exact) mass is 316 g/mol. The molecule has 1 aromatic heterocycles. The molecule has 1 aromatic carbocycles. The molecule has 0 saturated carbocycles. The van der Waals surface area contributed by atoms with Crippen molar-refractivity contribution in [1.29, 1.82) is 0 Å². The molecule has 3 rings (SSSR count). The molecule has 0 amide bonds. The molecule has 1 unspecified atom stereocenters. The van der Waals surface area contributed by atoms with Crippen molar-refractivity contribution in [1.82, 2.24) is 10.2 Å². The van der Waals surface area contributed by atoms with E-state index in [4.69, 9.17) is 4.74 Å². The normalized spacial score (nSPS) is 17.5. The fraction of sp³-hybridized carbons (Fsp3) is 0.444. The van der Waals surface area contributed by atoms with Gasteiger partial charge < -0.3 is 10.1 Å². The summed E-state index contributed by atoms with van der Waals surface area (Å²) in [7, 11) is 0. The summed E-state index contributed by atoms with van der Waals surface area (Å²) in [5.41, 5.74) is 2.62. The van der Waals surface area contributed by atoms with Crippen molar-refractivity contribution in [3.8, 4) is 11.1 Å². The molecule has 118 valence electrons. The minimum Gasteiger partial charge on any atom is -0.379 e. The summed E-state index contributed by atoms with van der Waals surface area (Å²) in [4.78, 5) is 3.87. The quantitative estimate of drug-likeness (QED) is 0.885. The lowest BCUT2D eigenvalue weighted by molar-refractivity contribution is 0.0343. The van der Waals surface area contributed by atoms with E-state index in [1.54, 1.807) is 0 Å². The Labute approximate surface area is 136 Å². The summed E-state index contributed by atoms with van der Waals surface area (Å²) in [6.07, 6.45) is 0. The summed E-state index contributed by atoms with van der Waals surface area (Å²) in [5, 5.41) is 5.89. The number of morpholine rings is 1. The number of hydrogen-bond donors (Lipinski definition) is 1. The summed E-state index contributed by atoms with van der Waals surface area (Å²) < 4.78 is 5.39. The van der Waals surface area contributed by atoms with Gasteiger partial charge in [-0.15, -0.1) is 11.3 Å². The maximum atomic E-state index is 5.39. The van der Waals surface area contributed by atoms with E-state index in [0.717, 1.165) is 39.4 Å². The van der Waals surface area contributed by atoms with Gasteiger partial charge in [0.05, 0.1) is 13.2 Å². The van der Waals surface area contributed by atoms with E-state index in [2.05, 4.69) is 58.9 Å². The third-order valence-electron chi connectivity index (χ3n) is 4.02. The molecule has 1 saturated heterocycles. The van der Waals surface area contributed by atoms with E-state index in [1.807, 2.05) is 11.3 Å². The van der Waals surface area contributed by atoms with E-state index in [0.29, 0.717) is 6.04 Å². The molecule has 3 nitrogen and oxygen atoms in total. The Balaban J connectivity index is 1.48. The van der Waals surface area contributed by atoms with E-state index in [1.165, 1.54) is 16.0 Å². The van der Waals surface area contributed by atoms with Gasteiger partial charge in [-0.2, -0.15) is 0 Å². The van der Waals surface area contributed by atoms with Crippen LogP contribution >= 0.6 is 11.3 Å². The predicted octanol–water partition coefficient (Wildman–Crippen LogP) is 3.23. The topological polar surface area (TPSA) is 24.5 Å². The lowest BCUT2D eigenvalue weighted by atomic mass is 10.1. The predicted molar refractivity (Wildman–Crippen MR) is 93.3 cm³/mol. The number of ether oxygens (including phenoxy) is 1. The van der Waals surface area contributed by atoms with Crippen molar-refractivity contribution >= 4 is 11.3 Å². The van der Waals surface area contributed by atoms with Crippen LogP contribution in [0.15, 0.2) is 41.8 Å². The fourth-order valence-electron chi connectivity index (χ4n) is 2.77. The van der Waals surface area contributed by atoms with Crippen molar-refractivity contribution in [3.05, 3.63) is 46.7 Å². The van der Waals surface area contributed by atoms with Crippen molar-refractivity contribution in [2.45, 2.75) is 19.5 Å². The van der Waals surface area contributed by atoms with Gasteiger partial charge >= 0.3 is 0 Å². The van der Waals surface area contributed by atoms with E-state index >= 15 is 0 Å². The van der Waals surface area contributed by atoms with Gasteiger partial charge in [0.2, 0.25) is 0 Å². The minimum atomic E-state index is 0.500. The Morgan fingerprint density at radius 3 is 2.73 bits per heavy atom. The second-order valence-electron chi connectivity index (χ2n) is 5.86. The van der Waals surface area contributed by atoms with Crippen molar-refractivity contribution in [2.24, 2.45) is 0 Å². The van der Waals surface area contributed by atoms with Crippen molar-refractivity contribution in [2.75, 3.05) is 32.8 Å². The van der Waals surface area contributed by atoms with Gasteiger partial charge in [0, 0.05) is 37.1 Å². The molecule has 1 fully saturated rings. The van der Waals surface area contributed by atoms with Crippen LogP contribution in [0, 0.1) is 0 Å². The Kier molecular flexibility index (Phi) is 5.62. The maximum Gasteiger partial charge on any atom is 0.0594 e. The van der Waals surface area contributed by atoms with Gasteiger partial charge in [-0.05, 0) is 29.5 Å². The lowest BCUT2D eigenvalue weighted by Crippen LogP contribution is -2.44. The number of nitrogens with one attached hydrogen (secondary N) is 1. The Hall–Kier alpha value is -1.20. The lowest BCUT2D eigenvalue weighted by Gasteiger charge is -2.29. The van der Waals surface area contributed by atoms with Crippen LogP contribution in [0.2, 0.25) is 0 Å². The summed E-state index contributed by atoms with van der Waals surface area (Å²) in [5.74, 6) is 0. The van der Waals surface area contributed by atoms with Gasteiger partial charge in [0.15, 0.2) is 0 Å².